The van der Waals surface area contributed by atoms with Gasteiger partial charge < -0.3 is 19.1 Å². The summed E-state index contributed by atoms with van der Waals surface area (Å²) in [5.41, 5.74) is 1.35. The molecule has 0 saturated carbocycles. The minimum atomic E-state index is -1.05. The first-order chi connectivity index (χ1) is 14.6. The number of carbonyl (C=O) groups is 1. The van der Waals surface area contributed by atoms with Crippen molar-refractivity contribution in [1.29, 1.82) is 0 Å². The molecule has 3 aromatic rings. The number of anilines is 1. The maximum atomic E-state index is 14.3. The molecule has 0 N–H and O–H groups in total. The molecule has 1 atom stereocenters. The van der Waals surface area contributed by atoms with E-state index in [4.69, 9.17) is 14.2 Å². The molecule has 1 unspecified atom stereocenters. The van der Waals surface area contributed by atoms with Crippen molar-refractivity contribution in [2.75, 3.05) is 18.3 Å². The minimum Gasteiger partial charge on any atom is -0.491 e. The van der Waals surface area contributed by atoms with Crippen molar-refractivity contribution in [2.24, 2.45) is 0 Å². The van der Waals surface area contributed by atoms with Gasteiger partial charge in [-0.15, -0.1) is 0 Å². The van der Waals surface area contributed by atoms with Gasteiger partial charge in [-0.05, 0) is 23.8 Å². The largest absolute Gasteiger partial charge is 0.491 e. The Kier molecular flexibility index (Phi) is 3.42. The SMILES string of the molecule is O=C1N(Cc2ccc(F)cc2F)c2ccccc2C12COc1cc3c(cc12)OCO3. The Labute approximate surface area is 170 Å². The summed E-state index contributed by atoms with van der Waals surface area (Å²) >= 11 is 0. The fourth-order valence-corrected chi connectivity index (χ4v) is 4.54. The summed E-state index contributed by atoms with van der Waals surface area (Å²) in [5, 5.41) is 0. The zero-order valence-corrected chi connectivity index (χ0v) is 15.7. The van der Waals surface area contributed by atoms with Crippen LogP contribution in [0.4, 0.5) is 14.5 Å². The van der Waals surface area contributed by atoms with Crippen LogP contribution in [-0.2, 0) is 16.8 Å². The zero-order chi connectivity index (χ0) is 20.5. The highest BCUT2D eigenvalue weighted by molar-refractivity contribution is 6.11. The number of hydrogen-bond donors (Lipinski definition) is 0. The van der Waals surface area contributed by atoms with Crippen LogP contribution in [0.15, 0.2) is 54.6 Å². The average molecular weight is 407 g/mol. The van der Waals surface area contributed by atoms with Gasteiger partial charge in [0.25, 0.3) is 0 Å². The third kappa shape index (κ3) is 2.17. The van der Waals surface area contributed by atoms with Crippen LogP contribution in [0.1, 0.15) is 16.7 Å². The van der Waals surface area contributed by atoms with Crippen molar-refractivity contribution in [3.8, 4) is 17.2 Å². The molecule has 3 aliphatic rings. The summed E-state index contributed by atoms with van der Waals surface area (Å²) < 4.78 is 44.5. The van der Waals surface area contributed by atoms with E-state index < -0.39 is 17.0 Å². The van der Waals surface area contributed by atoms with E-state index in [1.165, 1.54) is 17.0 Å². The second-order valence-corrected chi connectivity index (χ2v) is 7.54. The van der Waals surface area contributed by atoms with E-state index in [1.54, 1.807) is 12.1 Å². The van der Waals surface area contributed by atoms with Crippen LogP contribution >= 0.6 is 0 Å². The van der Waals surface area contributed by atoms with Crippen molar-refractivity contribution in [1.82, 2.24) is 0 Å². The number of carbonyl (C=O) groups excluding carboxylic acids is 1. The third-order valence-electron chi connectivity index (χ3n) is 5.99. The van der Waals surface area contributed by atoms with Crippen LogP contribution < -0.4 is 19.1 Å². The highest BCUT2D eigenvalue weighted by Gasteiger charge is 2.57. The number of fused-ring (bicyclic) bond motifs is 5. The number of amides is 1. The van der Waals surface area contributed by atoms with E-state index in [0.717, 1.165) is 11.6 Å². The predicted molar refractivity (Wildman–Crippen MR) is 103 cm³/mol. The van der Waals surface area contributed by atoms with Crippen molar-refractivity contribution >= 4 is 11.6 Å². The van der Waals surface area contributed by atoms with Gasteiger partial charge in [-0.25, -0.2) is 8.78 Å². The lowest BCUT2D eigenvalue weighted by Crippen LogP contribution is -2.42. The van der Waals surface area contributed by atoms with Gasteiger partial charge >= 0.3 is 0 Å². The van der Waals surface area contributed by atoms with Crippen LogP contribution in [0, 0.1) is 11.6 Å². The Hall–Kier alpha value is -3.61. The Balaban J connectivity index is 1.49. The number of nitrogens with zero attached hydrogens (tertiary/aromatic N) is 1. The molecule has 0 aliphatic carbocycles. The molecule has 3 aromatic carbocycles. The molecule has 0 saturated heterocycles. The number of hydrogen-bond acceptors (Lipinski definition) is 4. The molecule has 6 rings (SSSR count). The minimum absolute atomic E-state index is 0.0103. The molecule has 1 amide bonds. The van der Waals surface area contributed by atoms with Gasteiger partial charge in [-0.1, -0.05) is 24.3 Å². The van der Waals surface area contributed by atoms with Crippen molar-refractivity contribution in [3.05, 3.63) is 82.9 Å². The summed E-state index contributed by atoms with van der Waals surface area (Å²) in [7, 11) is 0. The van der Waals surface area contributed by atoms with Crippen LogP contribution in [0.5, 0.6) is 17.2 Å². The number of benzene rings is 3. The maximum absolute atomic E-state index is 14.3. The monoisotopic (exact) mass is 407 g/mol. The summed E-state index contributed by atoms with van der Waals surface area (Å²) in [5.74, 6) is 0.145. The lowest BCUT2D eigenvalue weighted by atomic mass is 9.77. The molecular weight excluding hydrogens is 392 g/mol. The molecule has 0 aromatic heterocycles. The van der Waals surface area contributed by atoms with E-state index in [1.807, 2.05) is 24.3 Å². The molecular formula is C23H15F2NO4. The molecule has 1 spiro atoms. The number of ether oxygens (including phenoxy) is 3. The van der Waals surface area contributed by atoms with E-state index in [0.29, 0.717) is 28.5 Å². The summed E-state index contributed by atoms with van der Waals surface area (Å²) in [6.07, 6.45) is 0. The quantitative estimate of drug-likeness (QED) is 0.646. The van der Waals surface area contributed by atoms with Gasteiger partial charge in [0.05, 0.1) is 6.54 Å². The van der Waals surface area contributed by atoms with Crippen molar-refractivity contribution in [2.45, 2.75) is 12.0 Å². The Morgan fingerprint density at radius 1 is 0.900 bits per heavy atom. The predicted octanol–water partition coefficient (Wildman–Crippen LogP) is 3.92. The standard InChI is InChI=1S/C23H15F2NO4/c24-14-6-5-13(17(25)7-14)10-26-18-4-2-1-3-15(18)23(22(26)27)11-28-19-9-21-20(8-16(19)23)29-12-30-21/h1-9H,10-12H2. The summed E-state index contributed by atoms with van der Waals surface area (Å²) in [6, 6.07) is 14.3. The third-order valence-corrected chi connectivity index (χ3v) is 5.99. The highest BCUT2D eigenvalue weighted by atomic mass is 19.1. The fraction of sp³-hybridized carbons (Fsp3) is 0.174. The molecule has 5 nitrogen and oxygen atoms in total. The van der Waals surface area contributed by atoms with Gasteiger partial charge in [0.2, 0.25) is 12.7 Å². The topological polar surface area (TPSA) is 48.0 Å². The summed E-state index contributed by atoms with van der Waals surface area (Å²) in [6.45, 7) is 0.235. The van der Waals surface area contributed by atoms with Crippen LogP contribution in [0.2, 0.25) is 0 Å². The molecule has 7 heteroatoms. The smallest absolute Gasteiger partial charge is 0.246 e. The van der Waals surface area contributed by atoms with E-state index in [9.17, 15) is 13.6 Å². The van der Waals surface area contributed by atoms with Crippen molar-refractivity contribution < 1.29 is 27.8 Å². The number of halogens is 2. The van der Waals surface area contributed by atoms with E-state index in [2.05, 4.69) is 0 Å². The summed E-state index contributed by atoms with van der Waals surface area (Å²) in [4.78, 5) is 15.3. The highest BCUT2D eigenvalue weighted by Crippen LogP contribution is 2.55. The fourth-order valence-electron chi connectivity index (χ4n) is 4.54. The Morgan fingerprint density at radius 2 is 1.70 bits per heavy atom. The first-order valence-corrected chi connectivity index (χ1v) is 9.50. The van der Waals surface area contributed by atoms with E-state index in [-0.39, 0.29) is 31.4 Å². The molecule has 150 valence electrons. The lowest BCUT2D eigenvalue weighted by molar-refractivity contribution is -0.122. The molecule has 0 radical (unpaired) electrons. The molecule has 3 aliphatic heterocycles. The average Bonchev–Trinajstić information content (AvgIpc) is 3.41. The second-order valence-electron chi connectivity index (χ2n) is 7.54. The normalized spacial score (nSPS) is 20.5. The van der Waals surface area contributed by atoms with Gasteiger partial charge in [0.1, 0.15) is 29.4 Å². The van der Waals surface area contributed by atoms with Crippen LogP contribution in [0.25, 0.3) is 0 Å². The van der Waals surface area contributed by atoms with Gasteiger partial charge in [0, 0.05) is 28.9 Å². The first kappa shape index (κ1) is 17.3. The lowest BCUT2D eigenvalue weighted by Gasteiger charge is -2.23. The second kappa shape index (κ2) is 5.95. The van der Waals surface area contributed by atoms with Gasteiger partial charge in [-0.3, -0.25) is 4.79 Å². The van der Waals surface area contributed by atoms with Crippen molar-refractivity contribution in [3.63, 3.8) is 0 Å². The van der Waals surface area contributed by atoms with Crippen LogP contribution in [0.3, 0.4) is 0 Å². The number of rotatable bonds is 2. The van der Waals surface area contributed by atoms with Crippen LogP contribution in [-0.4, -0.2) is 19.3 Å². The number of para-hydroxylation sites is 1. The molecule has 30 heavy (non-hydrogen) atoms. The van der Waals surface area contributed by atoms with E-state index >= 15 is 0 Å². The Morgan fingerprint density at radius 3 is 2.53 bits per heavy atom. The first-order valence-electron chi connectivity index (χ1n) is 9.50. The molecule has 3 heterocycles. The van der Waals surface area contributed by atoms with Gasteiger partial charge in [0.15, 0.2) is 11.5 Å². The Bertz CT molecular complexity index is 1230. The molecule has 0 bridgehead atoms. The molecule has 0 fully saturated rings. The zero-order valence-electron chi connectivity index (χ0n) is 15.7. The maximum Gasteiger partial charge on any atom is 0.246 e. The van der Waals surface area contributed by atoms with Gasteiger partial charge in [-0.2, -0.15) is 0 Å².